The third kappa shape index (κ3) is 4.04. The minimum atomic E-state index is -0.726. The molecule has 0 saturated heterocycles. The number of rotatable bonds is 3. The number of aryl methyl sites for hydroxylation is 1. The lowest BCUT2D eigenvalue weighted by molar-refractivity contribution is 0.0908. The van der Waals surface area contributed by atoms with Gasteiger partial charge >= 0.3 is 0 Å². The molecule has 28 heavy (non-hydrogen) atoms. The molecule has 1 unspecified atom stereocenters. The second-order valence-corrected chi connectivity index (χ2v) is 7.41. The van der Waals surface area contributed by atoms with Crippen LogP contribution >= 0.6 is 0 Å². The third-order valence-electron chi connectivity index (χ3n) is 5.05. The molecule has 0 aliphatic rings. The summed E-state index contributed by atoms with van der Waals surface area (Å²) in [5.41, 5.74) is 1.93. The highest BCUT2D eigenvalue weighted by Gasteiger charge is 2.28. The van der Waals surface area contributed by atoms with Gasteiger partial charge in [0.1, 0.15) is 16.9 Å². The highest BCUT2D eigenvalue weighted by Crippen LogP contribution is 2.20. The van der Waals surface area contributed by atoms with Crippen LogP contribution in [0.15, 0.2) is 54.7 Å². The van der Waals surface area contributed by atoms with E-state index in [1.165, 1.54) is 12.3 Å². The lowest BCUT2D eigenvalue weighted by Gasteiger charge is -2.29. The van der Waals surface area contributed by atoms with Crippen LogP contribution in [0.4, 0.5) is 4.39 Å². The SMILES string of the molecule is Cc1ccccc1C#CC(C)(NC(=O)c1cnc2c(F)cccc2c1)C(C)C. The fourth-order valence-corrected chi connectivity index (χ4v) is 2.79. The van der Waals surface area contributed by atoms with Crippen LogP contribution in [0.5, 0.6) is 0 Å². The third-order valence-corrected chi connectivity index (χ3v) is 5.05. The van der Waals surface area contributed by atoms with Crippen molar-refractivity contribution >= 4 is 16.8 Å². The first-order valence-corrected chi connectivity index (χ1v) is 9.26. The van der Waals surface area contributed by atoms with Crippen LogP contribution in [0.25, 0.3) is 10.9 Å². The monoisotopic (exact) mass is 374 g/mol. The fourth-order valence-electron chi connectivity index (χ4n) is 2.79. The molecule has 0 aliphatic carbocycles. The van der Waals surface area contributed by atoms with Crippen LogP contribution < -0.4 is 5.32 Å². The molecular formula is C24H23FN2O. The number of nitrogens with one attached hydrogen (secondary N) is 1. The van der Waals surface area contributed by atoms with Crippen LogP contribution in [0.3, 0.4) is 0 Å². The number of pyridine rings is 1. The Kier molecular flexibility index (Phi) is 5.46. The summed E-state index contributed by atoms with van der Waals surface area (Å²) in [7, 11) is 0. The molecule has 1 N–H and O–H groups in total. The Hall–Kier alpha value is -3.19. The van der Waals surface area contributed by atoms with E-state index < -0.39 is 11.4 Å². The molecular weight excluding hydrogens is 351 g/mol. The predicted octanol–water partition coefficient (Wildman–Crippen LogP) is 4.88. The quantitative estimate of drug-likeness (QED) is 0.664. The van der Waals surface area contributed by atoms with Gasteiger partial charge in [-0.25, -0.2) is 4.39 Å². The van der Waals surface area contributed by atoms with Crippen molar-refractivity contribution in [3.63, 3.8) is 0 Å². The van der Waals surface area contributed by atoms with E-state index in [1.54, 1.807) is 18.2 Å². The number of halogens is 1. The number of aromatic nitrogens is 1. The zero-order valence-electron chi connectivity index (χ0n) is 16.5. The standard InChI is InChI=1S/C24H23FN2O/c1-16(2)24(4,13-12-18-9-6-5-8-17(18)3)27-23(28)20-14-19-10-7-11-21(25)22(19)26-15-20/h5-11,14-16H,1-4H3,(H,27,28). The van der Waals surface area contributed by atoms with Crippen molar-refractivity contribution < 1.29 is 9.18 Å². The van der Waals surface area contributed by atoms with E-state index in [0.717, 1.165) is 11.1 Å². The number of carbonyl (C=O) groups excluding carboxylic acids is 1. The molecule has 0 bridgehead atoms. The first-order valence-electron chi connectivity index (χ1n) is 9.26. The summed E-state index contributed by atoms with van der Waals surface area (Å²) in [4.78, 5) is 17.0. The minimum Gasteiger partial charge on any atom is -0.336 e. The van der Waals surface area contributed by atoms with Crippen LogP contribution in [0, 0.1) is 30.5 Å². The minimum absolute atomic E-state index is 0.0822. The number of nitrogens with zero attached hydrogens (tertiary/aromatic N) is 1. The van der Waals surface area contributed by atoms with Gasteiger partial charge in [0.15, 0.2) is 0 Å². The highest BCUT2D eigenvalue weighted by molar-refractivity contribution is 5.98. The molecule has 2 aromatic carbocycles. The number of benzene rings is 2. The number of para-hydroxylation sites is 1. The van der Waals surface area contributed by atoms with Crippen molar-refractivity contribution in [2.45, 2.75) is 33.2 Å². The molecule has 3 rings (SSSR count). The van der Waals surface area contributed by atoms with E-state index >= 15 is 0 Å². The van der Waals surface area contributed by atoms with Crippen LogP contribution in [0.2, 0.25) is 0 Å². The molecule has 0 aliphatic heterocycles. The summed E-state index contributed by atoms with van der Waals surface area (Å²) in [5, 5.41) is 3.62. The van der Waals surface area contributed by atoms with E-state index in [-0.39, 0.29) is 17.3 Å². The van der Waals surface area contributed by atoms with Crippen molar-refractivity contribution in [1.82, 2.24) is 10.3 Å². The molecule has 3 nitrogen and oxygen atoms in total. The van der Waals surface area contributed by atoms with Gasteiger partial charge in [-0.2, -0.15) is 0 Å². The van der Waals surface area contributed by atoms with Crippen molar-refractivity contribution in [2.24, 2.45) is 5.92 Å². The number of amides is 1. The van der Waals surface area contributed by atoms with Gasteiger partial charge in [0, 0.05) is 17.1 Å². The van der Waals surface area contributed by atoms with Crippen molar-refractivity contribution in [1.29, 1.82) is 0 Å². The van der Waals surface area contributed by atoms with Gasteiger partial charge in [-0.3, -0.25) is 9.78 Å². The number of carbonyl (C=O) groups is 1. The smallest absolute Gasteiger partial charge is 0.254 e. The highest BCUT2D eigenvalue weighted by atomic mass is 19.1. The maximum atomic E-state index is 13.8. The lowest BCUT2D eigenvalue weighted by Crippen LogP contribution is -2.49. The normalized spacial score (nSPS) is 12.9. The zero-order chi connectivity index (χ0) is 20.3. The van der Waals surface area contributed by atoms with Crippen molar-refractivity contribution in [2.75, 3.05) is 0 Å². The molecule has 1 heterocycles. The summed E-state index contributed by atoms with van der Waals surface area (Å²) in [5.74, 6) is 5.83. The summed E-state index contributed by atoms with van der Waals surface area (Å²) >= 11 is 0. The van der Waals surface area contributed by atoms with Crippen LogP contribution in [-0.2, 0) is 0 Å². The molecule has 4 heteroatoms. The molecule has 0 spiro atoms. The molecule has 1 aromatic heterocycles. The van der Waals surface area contributed by atoms with E-state index in [2.05, 4.69) is 22.1 Å². The van der Waals surface area contributed by atoms with E-state index in [0.29, 0.717) is 10.9 Å². The average Bonchev–Trinajstić information content (AvgIpc) is 2.67. The largest absolute Gasteiger partial charge is 0.336 e. The molecule has 0 radical (unpaired) electrons. The topological polar surface area (TPSA) is 42.0 Å². The molecule has 142 valence electrons. The summed E-state index contributed by atoms with van der Waals surface area (Å²) in [6, 6.07) is 14.2. The Labute approximate surface area is 165 Å². The first kappa shape index (κ1) is 19.6. The lowest BCUT2D eigenvalue weighted by atomic mass is 9.88. The number of hydrogen-bond donors (Lipinski definition) is 1. The number of hydrogen-bond acceptors (Lipinski definition) is 2. The fraction of sp³-hybridized carbons (Fsp3) is 0.250. The van der Waals surface area contributed by atoms with Gasteiger partial charge in [0.05, 0.1) is 5.56 Å². The average molecular weight is 374 g/mol. The Bertz CT molecular complexity index is 1090. The van der Waals surface area contributed by atoms with Gasteiger partial charge in [0.2, 0.25) is 0 Å². The van der Waals surface area contributed by atoms with Gasteiger partial charge in [-0.1, -0.05) is 56.0 Å². The second-order valence-electron chi connectivity index (χ2n) is 7.41. The maximum absolute atomic E-state index is 13.8. The predicted molar refractivity (Wildman–Crippen MR) is 110 cm³/mol. The Morgan fingerprint density at radius 1 is 1.18 bits per heavy atom. The molecule has 3 aromatic rings. The van der Waals surface area contributed by atoms with Crippen LogP contribution in [-0.4, -0.2) is 16.4 Å². The van der Waals surface area contributed by atoms with E-state index in [1.807, 2.05) is 52.0 Å². The summed E-state index contributed by atoms with van der Waals surface area (Å²) in [6.45, 7) is 7.95. The maximum Gasteiger partial charge on any atom is 0.254 e. The van der Waals surface area contributed by atoms with Gasteiger partial charge < -0.3 is 5.32 Å². The summed E-state index contributed by atoms with van der Waals surface area (Å²) < 4.78 is 13.8. The number of fused-ring (bicyclic) bond motifs is 1. The zero-order valence-corrected chi connectivity index (χ0v) is 16.5. The first-order chi connectivity index (χ1) is 13.3. The Morgan fingerprint density at radius 2 is 1.93 bits per heavy atom. The van der Waals surface area contributed by atoms with Crippen molar-refractivity contribution in [3.05, 3.63) is 77.2 Å². The summed E-state index contributed by atoms with van der Waals surface area (Å²) in [6.07, 6.45) is 1.40. The van der Waals surface area contributed by atoms with E-state index in [9.17, 15) is 9.18 Å². The molecule has 1 amide bonds. The molecule has 0 fully saturated rings. The second kappa shape index (κ2) is 7.82. The van der Waals surface area contributed by atoms with Gasteiger partial charge in [-0.15, -0.1) is 0 Å². The van der Waals surface area contributed by atoms with Crippen molar-refractivity contribution in [3.8, 4) is 11.8 Å². The van der Waals surface area contributed by atoms with Gasteiger partial charge in [0.25, 0.3) is 5.91 Å². The molecule has 0 saturated carbocycles. The van der Waals surface area contributed by atoms with Crippen LogP contribution in [0.1, 0.15) is 42.3 Å². The Morgan fingerprint density at radius 3 is 2.64 bits per heavy atom. The van der Waals surface area contributed by atoms with Gasteiger partial charge in [-0.05, 0) is 43.5 Å². The Balaban J connectivity index is 1.90. The van der Waals surface area contributed by atoms with E-state index in [4.69, 9.17) is 0 Å². The molecule has 1 atom stereocenters.